The standard InChI is InChI=1S/C44H29N3/c1-2-13-30(14-3-1)35-17-9-11-23-42(35)47(33-28-27-32-26-25-31-15-4-5-16-34(31)39(32)29-33)43-24-12-22-41(45-43)44-38-20-7-6-18-36(38)37-19-8-10-21-40(37)46-44/h1-29H. The quantitative estimate of drug-likeness (QED) is 0.184. The first kappa shape index (κ1) is 27.0. The van der Waals surface area contributed by atoms with Crippen molar-refractivity contribution in [3.63, 3.8) is 0 Å². The molecule has 9 rings (SSSR count). The van der Waals surface area contributed by atoms with Crippen molar-refractivity contribution in [1.29, 1.82) is 0 Å². The zero-order chi connectivity index (χ0) is 31.2. The number of rotatable bonds is 5. The van der Waals surface area contributed by atoms with Crippen LogP contribution < -0.4 is 4.90 Å². The molecule has 0 bridgehead atoms. The molecule has 2 heterocycles. The number of fused-ring (bicyclic) bond motifs is 6. The molecule has 7 aromatic carbocycles. The van der Waals surface area contributed by atoms with Crippen LogP contribution in [0.5, 0.6) is 0 Å². The molecule has 0 unspecified atom stereocenters. The first-order valence-corrected chi connectivity index (χ1v) is 15.9. The van der Waals surface area contributed by atoms with E-state index in [0.717, 1.165) is 56.0 Å². The van der Waals surface area contributed by atoms with Gasteiger partial charge in [-0.1, -0.05) is 140 Å². The van der Waals surface area contributed by atoms with Gasteiger partial charge >= 0.3 is 0 Å². The van der Waals surface area contributed by atoms with Gasteiger partial charge in [0.15, 0.2) is 0 Å². The van der Waals surface area contributed by atoms with Gasteiger partial charge in [0, 0.05) is 22.0 Å². The van der Waals surface area contributed by atoms with Gasteiger partial charge in [-0.05, 0) is 68.9 Å². The highest BCUT2D eigenvalue weighted by Gasteiger charge is 2.20. The monoisotopic (exact) mass is 599 g/mol. The summed E-state index contributed by atoms with van der Waals surface area (Å²) in [5.74, 6) is 0.824. The zero-order valence-corrected chi connectivity index (χ0v) is 25.6. The second kappa shape index (κ2) is 11.2. The molecule has 3 nitrogen and oxygen atoms in total. The maximum absolute atomic E-state index is 5.39. The molecule has 0 N–H and O–H groups in total. The molecule has 0 aliphatic rings. The van der Waals surface area contributed by atoms with E-state index in [1.165, 1.54) is 26.9 Å². The lowest BCUT2D eigenvalue weighted by Gasteiger charge is -2.27. The average Bonchev–Trinajstić information content (AvgIpc) is 3.15. The van der Waals surface area contributed by atoms with E-state index in [4.69, 9.17) is 9.97 Å². The Balaban J connectivity index is 1.30. The molecule has 0 saturated carbocycles. The van der Waals surface area contributed by atoms with Crippen molar-refractivity contribution in [2.24, 2.45) is 0 Å². The van der Waals surface area contributed by atoms with Crippen molar-refractivity contribution < 1.29 is 0 Å². The van der Waals surface area contributed by atoms with Crippen LogP contribution in [0.2, 0.25) is 0 Å². The number of pyridine rings is 2. The summed E-state index contributed by atoms with van der Waals surface area (Å²) in [6.07, 6.45) is 0. The van der Waals surface area contributed by atoms with Crippen LogP contribution in [-0.4, -0.2) is 9.97 Å². The highest BCUT2D eigenvalue weighted by Crippen LogP contribution is 2.42. The number of para-hydroxylation sites is 2. The Morgan fingerprint density at radius 2 is 1.06 bits per heavy atom. The molecule has 0 atom stereocenters. The van der Waals surface area contributed by atoms with E-state index >= 15 is 0 Å². The Labute approximate surface area is 273 Å². The van der Waals surface area contributed by atoms with Crippen LogP contribution in [-0.2, 0) is 0 Å². The predicted molar refractivity (Wildman–Crippen MR) is 198 cm³/mol. The van der Waals surface area contributed by atoms with Crippen molar-refractivity contribution in [2.75, 3.05) is 4.90 Å². The Morgan fingerprint density at radius 1 is 0.404 bits per heavy atom. The van der Waals surface area contributed by atoms with Crippen LogP contribution in [0, 0.1) is 0 Å². The van der Waals surface area contributed by atoms with E-state index in [1.807, 2.05) is 6.07 Å². The highest BCUT2D eigenvalue weighted by atomic mass is 15.2. The third kappa shape index (κ3) is 4.68. The first-order chi connectivity index (χ1) is 23.3. The van der Waals surface area contributed by atoms with Crippen LogP contribution in [0.1, 0.15) is 0 Å². The van der Waals surface area contributed by atoms with Crippen molar-refractivity contribution in [1.82, 2.24) is 9.97 Å². The molecule has 2 aromatic heterocycles. The summed E-state index contributed by atoms with van der Waals surface area (Å²) in [6.45, 7) is 0. The number of benzene rings is 7. The van der Waals surface area contributed by atoms with E-state index in [-0.39, 0.29) is 0 Å². The fraction of sp³-hybridized carbons (Fsp3) is 0. The minimum atomic E-state index is 0.824. The summed E-state index contributed by atoms with van der Waals surface area (Å²) in [5, 5.41) is 8.28. The van der Waals surface area contributed by atoms with E-state index < -0.39 is 0 Å². The van der Waals surface area contributed by atoms with Gasteiger partial charge in [-0.3, -0.25) is 4.90 Å². The minimum absolute atomic E-state index is 0.824. The predicted octanol–water partition coefficient (Wildman–Crippen LogP) is 11.9. The van der Waals surface area contributed by atoms with E-state index in [9.17, 15) is 0 Å². The summed E-state index contributed by atoms with van der Waals surface area (Å²) in [6, 6.07) is 62.0. The van der Waals surface area contributed by atoms with Crippen LogP contribution in [0.3, 0.4) is 0 Å². The number of anilines is 3. The van der Waals surface area contributed by atoms with E-state index in [2.05, 4.69) is 175 Å². The first-order valence-electron chi connectivity index (χ1n) is 15.9. The lowest BCUT2D eigenvalue weighted by molar-refractivity contribution is 1.18. The number of hydrogen-bond acceptors (Lipinski definition) is 3. The van der Waals surface area contributed by atoms with Gasteiger partial charge in [-0.15, -0.1) is 0 Å². The second-order valence-corrected chi connectivity index (χ2v) is 11.8. The van der Waals surface area contributed by atoms with E-state index in [1.54, 1.807) is 0 Å². The zero-order valence-electron chi connectivity index (χ0n) is 25.6. The van der Waals surface area contributed by atoms with E-state index in [0.29, 0.717) is 0 Å². The Kier molecular flexibility index (Phi) is 6.46. The molecule has 0 saturated heterocycles. The molecule has 47 heavy (non-hydrogen) atoms. The maximum atomic E-state index is 5.39. The van der Waals surface area contributed by atoms with Gasteiger partial charge in [0.25, 0.3) is 0 Å². The molecule has 3 heteroatoms. The molecule has 0 amide bonds. The van der Waals surface area contributed by atoms with Crippen molar-refractivity contribution in [3.8, 4) is 22.5 Å². The van der Waals surface area contributed by atoms with Crippen LogP contribution >= 0.6 is 0 Å². The van der Waals surface area contributed by atoms with Gasteiger partial charge in [0.2, 0.25) is 0 Å². The van der Waals surface area contributed by atoms with Gasteiger partial charge in [-0.25, -0.2) is 9.97 Å². The third-order valence-electron chi connectivity index (χ3n) is 9.03. The fourth-order valence-electron chi connectivity index (χ4n) is 6.83. The molecule has 0 spiro atoms. The fourth-order valence-corrected chi connectivity index (χ4v) is 6.83. The van der Waals surface area contributed by atoms with Gasteiger partial charge in [0.05, 0.1) is 22.6 Å². The smallest absolute Gasteiger partial charge is 0.138 e. The molecule has 0 radical (unpaired) electrons. The molecule has 0 fully saturated rings. The van der Waals surface area contributed by atoms with Crippen LogP contribution in [0.15, 0.2) is 176 Å². The number of aromatic nitrogens is 2. The Morgan fingerprint density at radius 3 is 1.94 bits per heavy atom. The van der Waals surface area contributed by atoms with Crippen molar-refractivity contribution in [3.05, 3.63) is 176 Å². The third-order valence-corrected chi connectivity index (χ3v) is 9.03. The molecular weight excluding hydrogens is 571 g/mol. The van der Waals surface area contributed by atoms with Crippen molar-refractivity contribution >= 4 is 60.4 Å². The van der Waals surface area contributed by atoms with Crippen molar-refractivity contribution in [2.45, 2.75) is 0 Å². The summed E-state index contributed by atoms with van der Waals surface area (Å²) in [5.41, 5.74) is 7.05. The second-order valence-electron chi connectivity index (χ2n) is 11.8. The molecule has 9 aromatic rings. The summed E-state index contributed by atoms with van der Waals surface area (Å²) < 4.78 is 0. The summed E-state index contributed by atoms with van der Waals surface area (Å²) in [4.78, 5) is 12.9. The lowest BCUT2D eigenvalue weighted by Crippen LogP contribution is -2.13. The Bertz CT molecular complexity index is 2590. The molecule has 220 valence electrons. The number of nitrogens with zero attached hydrogens (tertiary/aromatic N) is 3. The Hall–Kier alpha value is -6.32. The summed E-state index contributed by atoms with van der Waals surface area (Å²) >= 11 is 0. The molecule has 0 aliphatic heterocycles. The highest BCUT2D eigenvalue weighted by molar-refractivity contribution is 6.11. The maximum Gasteiger partial charge on any atom is 0.138 e. The normalized spacial score (nSPS) is 11.4. The van der Waals surface area contributed by atoms with Crippen LogP contribution in [0.4, 0.5) is 17.2 Å². The largest absolute Gasteiger partial charge is 0.294 e. The topological polar surface area (TPSA) is 29.0 Å². The summed E-state index contributed by atoms with van der Waals surface area (Å²) in [7, 11) is 0. The van der Waals surface area contributed by atoms with Crippen LogP contribution in [0.25, 0.3) is 65.7 Å². The van der Waals surface area contributed by atoms with Gasteiger partial charge in [0.1, 0.15) is 5.82 Å². The minimum Gasteiger partial charge on any atom is -0.294 e. The lowest BCUT2D eigenvalue weighted by atomic mass is 9.99. The number of hydrogen-bond donors (Lipinski definition) is 0. The SMILES string of the molecule is c1ccc(-c2ccccc2N(c2ccc3ccc4ccccc4c3c2)c2cccc(-c3nc4ccccc4c4ccccc34)n2)cc1. The molecule has 0 aliphatic carbocycles. The van der Waals surface area contributed by atoms with Gasteiger partial charge < -0.3 is 0 Å². The molecular formula is C44H29N3. The average molecular weight is 600 g/mol. The van der Waals surface area contributed by atoms with Gasteiger partial charge in [-0.2, -0.15) is 0 Å².